The van der Waals surface area contributed by atoms with Crippen LogP contribution < -0.4 is 5.32 Å². The summed E-state index contributed by atoms with van der Waals surface area (Å²) in [5, 5.41) is 23.7. The minimum Gasteiger partial charge on any atom is -0.326 e. The van der Waals surface area contributed by atoms with E-state index >= 15 is 0 Å². The van der Waals surface area contributed by atoms with Gasteiger partial charge >= 0.3 is 11.4 Å². The molecule has 1 aromatic rings. The first-order chi connectivity index (χ1) is 8.32. The average molecular weight is 253 g/mol. The van der Waals surface area contributed by atoms with Crippen LogP contribution >= 0.6 is 0 Å². The van der Waals surface area contributed by atoms with Gasteiger partial charge in [-0.05, 0) is 6.07 Å². The number of hydrogen-bond acceptors (Lipinski definition) is 5. The maximum Gasteiger partial charge on any atom is 0.348 e. The Hall–Kier alpha value is -2.51. The Morgan fingerprint density at radius 1 is 1.17 bits per heavy atom. The first-order valence-corrected chi connectivity index (χ1v) is 5.06. The molecule has 1 amide bonds. The molecular weight excluding hydrogens is 242 g/mol. The number of carbonyl (C=O) groups is 1. The molecule has 1 rings (SSSR count). The van der Waals surface area contributed by atoms with E-state index in [0.717, 1.165) is 12.1 Å². The lowest BCUT2D eigenvalue weighted by Gasteiger charge is -2.07. The van der Waals surface area contributed by atoms with E-state index in [1.54, 1.807) is 13.8 Å². The van der Waals surface area contributed by atoms with E-state index in [1.807, 2.05) is 0 Å². The first kappa shape index (κ1) is 13.6. The number of benzene rings is 1. The molecule has 0 bridgehead atoms. The Bertz CT molecular complexity index is 512. The van der Waals surface area contributed by atoms with Crippen molar-refractivity contribution in [1.82, 2.24) is 0 Å². The normalized spacial score (nSPS) is 10.2. The Balaban J connectivity index is 3.12. The largest absolute Gasteiger partial charge is 0.348 e. The Labute approximate surface area is 102 Å². The van der Waals surface area contributed by atoms with Crippen molar-refractivity contribution in [3.8, 4) is 0 Å². The second-order valence-electron chi connectivity index (χ2n) is 3.86. The molecule has 0 radical (unpaired) electrons. The molecule has 96 valence electrons. The molecule has 0 saturated carbocycles. The molecule has 0 aliphatic heterocycles. The molecule has 0 unspecified atom stereocenters. The number of carbonyl (C=O) groups excluding carboxylic acids is 1. The van der Waals surface area contributed by atoms with Gasteiger partial charge in [0.05, 0.1) is 9.85 Å². The summed E-state index contributed by atoms with van der Waals surface area (Å²) in [6, 6.07) is 3.22. The van der Waals surface area contributed by atoms with Crippen LogP contribution in [0.1, 0.15) is 13.8 Å². The monoisotopic (exact) mass is 253 g/mol. The van der Waals surface area contributed by atoms with Gasteiger partial charge in [0.15, 0.2) is 0 Å². The van der Waals surface area contributed by atoms with Gasteiger partial charge in [0.25, 0.3) is 0 Å². The van der Waals surface area contributed by atoms with Gasteiger partial charge in [-0.2, -0.15) is 0 Å². The topological polar surface area (TPSA) is 115 Å². The Morgan fingerprint density at radius 2 is 1.72 bits per heavy atom. The Kier molecular flexibility index (Phi) is 3.93. The molecule has 8 heteroatoms. The van der Waals surface area contributed by atoms with Crippen molar-refractivity contribution in [2.75, 3.05) is 5.32 Å². The lowest BCUT2D eigenvalue weighted by Crippen LogP contribution is -2.17. The van der Waals surface area contributed by atoms with Gasteiger partial charge in [-0.1, -0.05) is 13.8 Å². The van der Waals surface area contributed by atoms with Crippen molar-refractivity contribution in [2.45, 2.75) is 13.8 Å². The standard InChI is InChI=1S/C10H11N3O5/c1-6(2)10(14)11-7-3-4-8(12(15)16)9(5-7)13(17)18/h3-6H,1-2H3,(H,11,14). The van der Waals surface area contributed by atoms with Crippen molar-refractivity contribution in [2.24, 2.45) is 5.92 Å². The van der Waals surface area contributed by atoms with Gasteiger partial charge in [0, 0.05) is 23.7 Å². The third kappa shape index (κ3) is 3.00. The van der Waals surface area contributed by atoms with Crippen LogP contribution in [0.3, 0.4) is 0 Å². The number of amides is 1. The summed E-state index contributed by atoms with van der Waals surface area (Å²) in [6.45, 7) is 3.32. The molecule has 0 fully saturated rings. The van der Waals surface area contributed by atoms with Gasteiger partial charge in [-0.15, -0.1) is 0 Å². The van der Waals surface area contributed by atoms with Crippen LogP contribution in [-0.2, 0) is 4.79 Å². The third-order valence-electron chi connectivity index (χ3n) is 2.16. The fourth-order valence-corrected chi connectivity index (χ4v) is 1.19. The zero-order valence-electron chi connectivity index (χ0n) is 9.75. The molecule has 0 heterocycles. The molecule has 8 nitrogen and oxygen atoms in total. The number of nitro benzene ring substituents is 2. The number of nitrogens with one attached hydrogen (secondary N) is 1. The molecule has 0 aromatic heterocycles. The quantitative estimate of drug-likeness (QED) is 0.651. The lowest BCUT2D eigenvalue weighted by molar-refractivity contribution is -0.422. The van der Waals surface area contributed by atoms with Crippen LogP contribution in [0.4, 0.5) is 17.1 Å². The van der Waals surface area contributed by atoms with Crippen LogP contribution in [-0.4, -0.2) is 15.8 Å². The minimum absolute atomic E-state index is 0.158. The van der Waals surface area contributed by atoms with E-state index in [0.29, 0.717) is 0 Å². The molecule has 1 N–H and O–H groups in total. The molecule has 0 atom stereocenters. The smallest absolute Gasteiger partial charge is 0.326 e. The first-order valence-electron chi connectivity index (χ1n) is 5.06. The van der Waals surface area contributed by atoms with Gasteiger partial charge in [0.1, 0.15) is 0 Å². The maximum absolute atomic E-state index is 11.4. The van der Waals surface area contributed by atoms with E-state index in [2.05, 4.69) is 5.32 Å². The number of anilines is 1. The summed E-state index contributed by atoms with van der Waals surface area (Å²) >= 11 is 0. The predicted molar refractivity (Wildman–Crippen MR) is 63.2 cm³/mol. The number of hydrogen-bond donors (Lipinski definition) is 1. The molecule has 0 saturated heterocycles. The summed E-state index contributed by atoms with van der Waals surface area (Å²) < 4.78 is 0. The van der Waals surface area contributed by atoms with Crippen molar-refractivity contribution in [3.05, 3.63) is 38.4 Å². The summed E-state index contributed by atoms with van der Waals surface area (Å²) in [5.74, 6) is -0.614. The highest BCUT2D eigenvalue weighted by molar-refractivity contribution is 5.92. The fraction of sp³-hybridized carbons (Fsp3) is 0.300. The van der Waals surface area contributed by atoms with Crippen molar-refractivity contribution in [3.63, 3.8) is 0 Å². The summed E-state index contributed by atoms with van der Waals surface area (Å²) in [5.41, 5.74) is -1.10. The minimum atomic E-state index is -0.858. The second kappa shape index (κ2) is 5.21. The van der Waals surface area contributed by atoms with Crippen LogP contribution in [0, 0.1) is 26.1 Å². The number of nitrogens with zero attached hydrogens (tertiary/aromatic N) is 2. The molecular formula is C10H11N3O5. The molecule has 0 aliphatic rings. The SMILES string of the molecule is CC(C)C(=O)Nc1ccc([N+](=O)[O-])c([N+](=O)[O-])c1. The van der Waals surface area contributed by atoms with Gasteiger partial charge in [0.2, 0.25) is 5.91 Å². The van der Waals surface area contributed by atoms with E-state index < -0.39 is 21.2 Å². The van der Waals surface area contributed by atoms with E-state index in [4.69, 9.17) is 0 Å². The predicted octanol–water partition coefficient (Wildman–Crippen LogP) is 2.10. The molecule has 1 aromatic carbocycles. The molecule has 18 heavy (non-hydrogen) atoms. The van der Waals surface area contributed by atoms with Crippen LogP contribution in [0.5, 0.6) is 0 Å². The zero-order valence-corrected chi connectivity index (χ0v) is 9.75. The lowest BCUT2D eigenvalue weighted by atomic mass is 10.2. The molecule has 0 aliphatic carbocycles. The highest BCUT2D eigenvalue weighted by Gasteiger charge is 2.24. The summed E-state index contributed by atoms with van der Waals surface area (Å²) in [4.78, 5) is 31.0. The maximum atomic E-state index is 11.4. The van der Waals surface area contributed by atoms with E-state index in [1.165, 1.54) is 6.07 Å². The highest BCUT2D eigenvalue weighted by Crippen LogP contribution is 2.29. The second-order valence-corrected chi connectivity index (χ2v) is 3.86. The summed E-state index contributed by atoms with van der Waals surface area (Å²) in [6.07, 6.45) is 0. The highest BCUT2D eigenvalue weighted by atomic mass is 16.6. The van der Waals surface area contributed by atoms with Gasteiger partial charge in [-0.25, -0.2) is 0 Å². The van der Waals surface area contributed by atoms with Crippen molar-refractivity contribution in [1.29, 1.82) is 0 Å². The number of nitro groups is 2. The zero-order chi connectivity index (χ0) is 13.9. The number of rotatable bonds is 4. The van der Waals surface area contributed by atoms with E-state index in [-0.39, 0.29) is 17.5 Å². The summed E-state index contributed by atoms with van der Waals surface area (Å²) in [7, 11) is 0. The van der Waals surface area contributed by atoms with Crippen LogP contribution in [0.2, 0.25) is 0 Å². The third-order valence-corrected chi connectivity index (χ3v) is 2.16. The average Bonchev–Trinajstić information content (AvgIpc) is 2.28. The van der Waals surface area contributed by atoms with E-state index in [9.17, 15) is 25.0 Å². The van der Waals surface area contributed by atoms with Crippen LogP contribution in [0.25, 0.3) is 0 Å². The van der Waals surface area contributed by atoms with Gasteiger partial charge in [-0.3, -0.25) is 25.0 Å². The van der Waals surface area contributed by atoms with Crippen LogP contribution in [0.15, 0.2) is 18.2 Å². The van der Waals surface area contributed by atoms with Gasteiger partial charge < -0.3 is 5.32 Å². The Morgan fingerprint density at radius 3 is 2.17 bits per heavy atom. The van der Waals surface area contributed by atoms with Crippen molar-refractivity contribution < 1.29 is 14.6 Å². The fourth-order valence-electron chi connectivity index (χ4n) is 1.19. The molecule has 0 spiro atoms. The van der Waals surface area contributed by atoms with Crippen molar-refractivity contribution >= 4 is 23.0 Å².